The number of ether oxygens (including phenoxy) is 1. The monoisotopic (exact) mass is 320 g/mol. The van der Waals surface area contributed by atoms with Crippen molar-refractivity contribution in [1.82, 2.24) is 0 Å². The summed E-state index contributed by atoms with van der Waals surface area (Å²) in [5.41, 5.74) is 4.35. The summed E-state index contributed by atoms with van der Waals surface area (Å²) in [6, 6.07) is 12.8. The fraction of sp³-hybridized carbons (Fsp3) is 0.0714. The van der Waals surface area contributed by atoms with E-state index in [1.807, 2.05) is 30.3 Å². The minimum atomic E-state index is 0.169. The Labute approximate surface area is 119 Å². The van der Waals surface area contributed by atoms with Crippen LogP contribution in [-0.2, 0) is 0 Å². The number of nitrogens with one attached hydrogen (secondary N) is 1. The van der Waals surface area contributed by atoms with E-state index in [0.717, 1.165) is 11.4 Å². The number of halogens is 1. The first kappa shape index (κ1) is 13.4. The van der Waals surface area contributed by atoms with E-state index in [4.69, 9.17) is 4.74 Å². The molecular formula is C14H13BrN2O2. The van der Waals surface area contributed by atoms with E-state index in [0.29, 0.717) is 10.0 Å². The van der Waals surface area contributed by atoms with Crippen LogP contribution in [0.25, 0.3) is 0 Å². The number of para-hydroxylation sites is 1. The number of aromatic hydroxyl groups is 1. The van der Waals surface area contributed by atoms with E-state index < -0.39 is 0 Å². The second-order valence-electron chi connectivity index (χ2n) is 3.78. The van der Waals surface area contributed by atoms with Crippen LogP contribution in [0.2, 0.25) is 0 Å². The normalized spacial score (nSPS) is 10.6. The molecule has 0 radical (unpaired) electrons. The molecule has 0 saturated carbocycles. The molecule has 0 aliphatic rings. The second-order valence-corrected chi connectivity index (χ2v) is 4.63. The molecule has 0 unspecified atom stereocenters. The highest BCUT2D eigenvalue weighted by molar-refractivity contribution is 9.10. The summed E-state index contributed by atoms with van der Waals surface area (Å²) >= 11 is 3.25. The van der Waals surface area contributed by atoms with Crippen LogP contribution in [-0.4, -0.2) is 18.4 Å². The predicted molar refractivity (Wildman–Crippen MR) is 80.0 cm³/mol. The number of nitrogens with zero attached hydrogens (tertiary/aromatic N) is 1. The van der Waals surface area contributed by atoms with Crippen molar-refractivity contribution < 1.29 is 9.84 Å². The quantitative estimate of drug-likeness (QED) is 0.668. The number of hydrogen-bond donors (Lipinski definition) is 2. The standard InChI is InChI=1S/C14H13BrN2O2/c1-19-12-7-5-11(6-8-12)17-16-9-10-3-2-4-13(15)14(10)18/h2-9,17-18H,1H3/b16-9-. The topological polar surface area (TPSA) is 53.8 Å². The molecule has 4 nitrogen and oxygen atoms in total. The van der Waals surface area contributed by atoms with Gasteiger partial charge in [0.15, 0.2) is 0 Å². The molecule has 0 aromatic heterocycles. The average molecular weight is 321 g/mol. The molecule has 0 heterocycles. The minimum Gasteiger partial charge on any atom is -0.506 e. The summed E-state index contributed by atoms with van der Waals surface area (Å²) in [7, 11) is 1.62. The predicted octanol–water partition coefficient (Wildman–Crippen LogP) is 3.61. The van der Waals surface area contributed by atoms with Crippen molar-refractivity contribution in [3.63, 3.8) is 0 Å². The molecule has 0 amide bonds. The smallest absolute Gasteiger partial charge is 0.138 e. The molecule has 0 saturated heterocycles. The molecule has 2 aromatic carbocycles. The van der Waals surface area contributed by atoms with Crippen LogP contribution in [0.3, 0.4) is 0 Å². The molecular weight excluding hydrogens is 308 g/mol. The maximum Gasteiger partial charge on any atom is 0.138 e. The number of hydrazone groups is 1. The number of phenols is 1. The lowest BCUT2D eigenvalue weighted by Crippen LogP contribution is -1.91. The highest BCUT2D eigenvalue weighted by atomic mass is 79.9. The first-order valence-corrected chi connectivity index (χ1v) is 6.40. The van der Waals surface area contributed by atoms with Gasteiger partial charge in [0.2, 0.25) is 0 Å². The summed E-state index contributed by atoms with van der Waals surface area (Å²) < 4.78 is 5.71. The van der Waals surface area contributed by atoms with Gasteiger partial charge in [0.25, 0.3) is 0 Å². The van der Waals surface area contributed by atoms with Crippen LogP contribution in [0.4, 0.5) is 5.69 Å². The van der Waals surface area contributed by atoms with E-state index in [9.17, 15) is 5.11 Å². The first-order valence-electron chi connectivity index (χ1n) is 5.61. The Kier molecular flexibility index (Phi) is 4.41. The van der Waals surface area contributed by atoms with Crippen molar-refractivity contribution in [2.45, 2.75) is 0 Å². The third-order valence-electron chi connectivity index (χ3n) is 2.51. The Balaban J connectivity index is 2.04. The largest absolute Gasteiger partial charge is 0.506 e. The lowest BCUT2D eigenvalue weighted by Gasteiger charge is -2.03. The van der Waals surface area contributed by atoms with E-state index in [1.54, 1.807) is 25.5 Å². The zero-order valence-electron chi connectivity index (χ0n) is 10.3. The van der Waals surface area contributed by atoms with Crippen LogP contribution in [0.1, 0.15) is 5.56 Å². The van der Waals surface area contributed by atoms with Gasteiger partial charge in [-0.05, 0) is 52.3 Å². The number of benzene rings is 2. The average Bonchev–Trinajstić information content (AvgIpc) is 2.44. The SMILES string of the molecule is COc1ccc(N/N=C\c2cccc(Br)c2O)cc1. The molecule has 5 heteroatoms. The van der Waals surface area contributed by atoms with Crippen LogP contribution >= 0.6 is 15.9 Å². The molecule has 0 bridgehead atoms. The summed E-state index contributed by atoms with van der Waals surface area (Å²) in [4.78, 5) is 0. The number of phenolic OH excluding ortho intramolecular Hbond substituents is 1. The van der Waals surface area contributed by atoms with Gasteiger partial charge in [-0.1, -0.05) is 6.07 Å². The number of rotatable bonds is 4. The van der Waals surface area contributed by atoms with Crippen molar-refractivity contribution in [3.8, 4) is 11.5 Å². The molecule has 19 heavy (non-hydrogen) atoms. The lowest BCUT2D eigenvalue weighted by molar-refractivity contribution is 0.415. The lowest BCUT2D eigenvalue weighted by atomic mass is 10.2. The molecule has 0 aliphatic heterocycles. The van der Waals surface area contributed by atoms with Gasteiger partial charge in [-0.15, -0.1) is 0 Å². The summed E-state index contributed by atoms with van der Waals surface area (Å²) in [5.74, 6) is 0.960. The Morgan fingerprint density at radius 3 is 2.63 bits per heavy atom. The van der Waals surface area contributed by atoms with Crippen molar-refractivity contribution in [2.75, 3.05) is 12.5 Å². The summed E-state index contributed by atoms with van der Waals surface area (Å²) in [5, 5.41) is 13.9. The van der Waals surface area contributed by atoms with Crippen LogP contribution in [0.5, 0.6) is 11.5 Å². The Morgan fingerprint density at radius 2 is 1.95 bits per heavy atom. The fourth-order valence-electron chi connectivity index (χ4n) is 1.48. The maximum absolute atomic E-state index is 9.78. The van der Waals surface area contributed by atoms with Crippen molar-refractivity contribution >= 4 is 27.8 Å². The van der Waals surface area contributed by atoms with E-state index in [1.165, 1.54) is 0 Å². The molecule has 2 rings (SSSR count). The molecule has 0 fully saturated rings. The van der Waals surface area contributed by atoms with Crippen molar-refractivity contribution in [3.05, 3.63) is 52.5 Å². The van der Waals surface area contributed by atoms with Crippen molar-refractivity contribution in [2.24, 2.45) is 5.10 Å². The van der Waals surface area contributed by atoms with Crippen molar-refractivity contribution in [1.29, 1.82) is 0 Å². The summed E-state index contributed by atoms with van der Waals surface area (Å²) in [6.07, 6.45) is 1.56. The van der Waals surface area contributed by atoms with Crippen LogP contribution in [0.15, 0.2) is 52.0 Å². The number of methoxy groups -OCH3 is 1. The molecule has 0 aliphatic carbocycles. The third kappa shape index (κ3) is 3.48. The third-order valence-corrected chi connectivity index (χ3v) is 3.15. The molecule has 2 N–H and O–H groups in total. The van der Waals surface area contributed by atoms with E-state index >= 15 is 0 Å². The zero-order chi connectivity index (χ0) is 13.7. The zero-order valence-corrected chi connectivity index (χ0v) is 11.9. The molecule has 2 aromatic rings. The highest BCUT2D eigenvalue weighted by Crippen LogP contribution is 2.26. The van der Waals surface area contributed by atoms with Crippen LogP contribution < -0.4 is 10.2 Å². The highest BCUT2D eigenvalue weighted by Gasteiger charge is 2.01. The molecule has 0 atom stereocenters. The number of hydrogen-bond acceptors (Lipinski definition) is 4. The fourth-order valence-corrected chi connectivity index (χ4v) is 1.86. The minimum absolute atomic E-state index is 0.169. The van der Waals surface area contributed by atoms with E-state index in [2.05, 4.69) is 26.5 Å². The summed E-state index contributed by atoms with van der Waals surface area (Å²) in [6.45, 7) is 0. The maximum atomic E-state index is 9.78. The molecule has 98 valence electrons. The Hall–Kier alpha value is -2.01. The van der Waals surface area contributed by atoms with Gasteiger partial charge in [0.1, 0.15) is 11.5 Å². The van der Waals surface area contributed by atoms with Crippen LogP contribution in [0, 0.1) is 0 Å². The van der Waals surface area contributed by atoms with Gasteiger partial charge < -0.3 is 9.84 Å². The van der Waals surface area contributed by atoms with Gasteiger partial charge in [0, 0.05) is 5.56 Å². The Morgan fingerprint density at radius 1 is 1.21 bits per heavy atom. The van der Waals surface area contributed by atoms with Gasteiger partial charge in [-0.25, -0.2) is 0 Å². The van der Waals surface area contributed by atoms with Gasteiger partial charge >= 0.3 is 0 Å². The Bertz CT molecular complexity index is 582. The van der Waals surface area contributed by atoms with Gasteiger partial charge in [0.05, 0.1) is 23.5 Å². The first-order chi connectivity index (χ1) is 9.20. The number of anilines is 1. The van der Waals surface area contributed by atoms with Gasteiger partial charge in [-0.2, -0.15) is 5.10 Å². The van der Waals surface area contributed by atoms with Gasteiger partial charge in [-0.3, -0.25) is 5.43 Å². The molecule has 0 spiro atoms. The van der Waals surface area contributed by atoms with E-state index in [-0.39, 0.29) is 5.75 Å². The second kappa shape index (κ2) is 6.24.